The van der Waals surface area contributed by atoms with Crippen LogP contribution in [0.2, 0.25) is 0 Å². The molecule has 3 nitrogen and oxygen atoms in total. The second-order valence-electron chi connectivity index (χ2n) is 3.04. The number of hydrogen-bond acceptors (Lipinski definition) is 4. The monoisotopic (exact) mass is 257 g/mol. The molecule has 0 saturated heterocycles. The number of aromatic nitrogens is 1. The molecule has 0 unspecified atom stereocenters. The Labute approximate surface area is 99.9 Å². The molecule has 0 amide bonds. The molecule has 7 heteroatoms. The summed E-state index contributed by atoms with van der Waals surface area (Å²) in [7, 11) is 0. The highest BCUT2D eigenvalue weighted by atomic mass is 32.2. The van der Waals surface area contributed by atoms with Crippen molar-refractivity contribution in [3.05, 3.63) is 22.9 Å². The molecule has 0 aliphatic carbocycles. The number of thioether (sulfide) groups is 1. The molecule has 0 radical (unpaired) electrons. The van der Waals surface area contributed by atoms with Gasteiger partial charge in [-0.05, 0) is 18.6 Å². The maximum atomic E-state index is 12.5. The average molecular weight is 257 g/mol. The highest BCUT2D eigenvalue weighted by molar-refractivity contribution is 7.99. The van der Waals surface area contributed by atoms with Gasteiger partial charge in [-0.15, -0.1) is 0 Å². The van der Waals surface area contributed by atoms with Crippen LogP contribution in [0.3, 0.4) is 0 Å². The van der Waals surface area contributed by atoms with Crippen LogP contribution in [0.25, 0.3) is 0 Å². The van der Waals surface area contributed by atoms with Crippen LogP contribution in [-0.2, 0) is 6.18 Å². The van der Waals surface area contributed by atoms with Gasteiger partial charge in [0, 0.05) is 0 Å². The van der Waals surface area contributed by atoms with Crippen molar-refractivity contribution in [3.63, 3.8) is 0 Å². The number of pyridine rings is 1. The van der Waals surface area contributed by atoms with E-state index >= 15 is 0 Å². The second kappa shape index (κ2) is 5.07. The highest BCUT2D eigenvalue weighted by Gasteiger charge is 2.33. The van der Waals surface area contributed by atoms with E-state index in [0.717, 1.165) is 11.8 Å². The van der Waals surface area contributed by atoms with Gasteiger partial charge in [-0.1, -0.05) is 11.8 Å². The smallest absolute Gasteiger partial charge is 0.237 e. The Kier molecular flexibility index (Phi) is 3.97. The first-order valence-corrected chi connectivity index (χ1v) is 5.37. The van der Waals surface area contributed by atoms with Crippen molar-refractivity contribution in [2.24, 2.45) is 0 Å². The molecule has 1 aromatic heterocycles. The lowest BCUT2D eigenvalue weighted by molar-refractivity contribution is -0.141. The number of nitriles is 2. The van der Waals surface area contributed by atoms with Gasteiger partial charge < -0.3 is 0 Å². The van der Waals surface area contributed by atoms with Gasteiger partial charge in [0.05, 0.1) is 23.5 Å². The molecule has 1 rings (SSSR count). The summed E-state index contributed by atoms with van der Waals surface area (Å²) in [6, 6.07) is 4.20. The lowest BCUT2D eigenvalue weighted by atomic mass is 10.1. The maximum absolute atomic E-state index is 12.5. The molecular weight excluding hydrogens is 251 g/mol. The molecule has 0 spiro atoms. The van der Waals surface area contributed by atoms with Gasteiger partial charge in [0.2, 0.25) is 0 Å². The van der Waals surface area contributed by atoms with Crippen LogP contribution in [0.1, 0.15) is 16.8 Å². The van der Waals surface area contributed by atoms with Gasteiger partial charge in [0.15, 0.2) is 0 Å². The van der Waals surface area contributed by atoms with E-state index in [4.69, 9.17) is 10.5 Å². The summed E-state index contributed by atoms with van der Waals surface area (Å²) in [5, 5.41) is 17.2. The number of nitrogens with zero attached hydrogens (tertiary/aromatic N) is 3. The Balaban J connectivity index is 3.31. The molecule has 0 atom stereocenters. The lowest BCUT2D eigenvalue weighted by Gasteiger charge is -2.10. The third-order valence-corrected chi connectivity index (χ3v) is 2.86. The fraction of sp³-hybridized carbons (Fsp3) is 0.300. The van der Waals surface area contributed by atoms with Gasteiger partial charge in [-0.25, -0.2) is 4.98 Å². The van der Waals surface area contributed by atoms with Crippen molar-refractivity contribution in [2.75, 3.05) is 5.75 Å². The maximum Gasteiger partial charge on any atom is 0.433 e. The Morgan fingerprint density at radius 2 is 2.06 bits per heavy atom. The van der Waals surface area contributed by atoms with Gasteiger partial charge in [0.1, 0.15) is 10.7 Å². The van der Waals surface area contributed by atoms with Crippen LogP contribution in [0, 0.1) is 29.6 Å². The van der Waals surface area contributed by atoms with Crippen molar-refractivity contribution in [1.29, 1.82) is 10.5 Å². The molecule has 17 heavy (non-hydrogen) atoms. The minimum absolute atomic E-state index is 0.0139. The minimum atomic E-state index is -4.60. The van der Waals surface area contributed by atoms with E-state index in [9.17, 15) is 13.2 Å². The highest BCUT2D eigenvalue weighted by Crippen LogP contribution is 2.32. The third-order valence-electron chi connectivity index (χ3n) is 1.91. The molecule has 0 aliphatic rings. The van der Waals surface area contributed by atoms with Crippen LogP contribution in [0.15, 0.2) is 11.1 Å². The van der Waals surface area contributed by atoms with E-state index in [2.05, 4.69) is 4.98 Å². The Morgan fingerprint density at radius 1 is 1.41 bits per heavy atom. The van der Waals surface area contributed by atoms with Gasteiger partial charge >= 0.3 is 6.18 Å². The number of alkyl halides is 3. The van der Waals surface area contributed by atoms with Crippen molar-refractivity contribution >= 4 is 11.8 Å². The third kappa shape index (κ3) is 3.11. The van der Waals surface area contributed by atoms with Gasteiger partial charge in [-0.3, -0.25) is 0 Å². The zero-order valence-electron chi connectivity index (χ0n) is 8.67. The average Bonchev–Trinajstić information content (AvgIpc) is 2.26. The molecule has 0 aliphatic heterocycles. The van der Waals surface area contributed by atoms with Crippen molar-refractivity contribution in [1.82, 2.24) is 4.98 Å². The summed E-state index contributed by atoms with van der Waals surface area (Å²) < 4.78 is 37.5. The molecule has 0 aromatic carbocycles. The molecule has 0 fully saturated rings. The summed E-state index contributed by atoms with van der Waals surface area (Å²) in [6.07, 6.45) is -4.60. The molecule has 0 saturated carbocycles. The summed E-state index contributed by atoms with van der Waals surface area (Å²) in [5.74, 6) is -0.0139. The van der Waals surface area contributed by atoms with E-state index in [1.54, 1.807) is 12.1 Å². The lowest BCUT2D eigenvalue weighted by Crippen LogP contribution is -2.10. The van der Waals surface area contributed by atoms with Crippen LogP contribution >= 0.6 is 11.8 Å². The van der Waals surface area contributed by atoms with Crippen LogP contribution in [-0.4, -0.2) is 10.7 Å². The van der Waals surface area contributed by atoms with Gasteiger partial charge in [-0.2, -0.15) is 23.7 Å². The summed E-state index contributed by atoms with van der Waals surface area (Å²) in [4.78, 5) is 3.43. The van der Waals surface area contributed by atoms with Gasteiger partial charge in [0.25, 0.3) is 0 Å². The minimum Gasteiger partial charge on any atom is -0.237 e. The number of hydrogen-bond donors (Lipinski definition) is 0. The van der Waals surface area contributed by atoms with E-state index in [0.29, 0.717) is 11.6 Å². The molecule has 1 heterocycles. The first kappa shape index (κ1) is 13.3. The molecule has 0 N–H and O–H groups in total. The quantitative estimate of drug-likeness (QED) is 0.764. The molecule has 1 aromatic rings. The Hall–Kier alpha value is -1.73. The Bertz CT molecular complexity index is 511. The summed E-state index contributed by atoms with van der Waals surface area (Å²) in [6.45, 7) is 1.51. The van der Waals surface area contributed by atoms with Crippen molar-refractivity contribution < 1.29 is 13.2 Å². The topological polar surface area (TPSA) is 60.5 Å². The predicted octanol–water partition coefficient (Wildman–Crippen LogP) is 2.90. The largest absolute Gasteiger partial charge is 0.433 e. The van der Waals surface area contributed by atoms with E-state index in [-0.39, 0.29) is 16.3 Å². The first-order chi connectivity index (χ1) is 7.90. The van der Waals surface area contributed by atoms with E-state index < -0.39 is 11.9 Å². The van der Waals surface area contributed by atoms with Crippen LogP contribution in [0.5, 0.6) is 0 Å². The normalized spacial score (nSPS) is 10.7. The standard InChI is InChI=1S/C10H6F3N3S/c1-6-7(5-15)4-8(10(11,12)13)16-9(6)17-3-2-14/h4H,3H2,1H3. The molecule has 0 bridgehead atoms. The predicted molar refractivity (Wildman–Crippen MR) is 55.0 cm³/mol. The van der Waals surface area contributed by atoms with E-state index in [1.807, 2.05) is 0 Å². The Morgan fingerprint density at radius 3 is 2.53 bits per heavy atom. The number of rotatable bonds is 2. The molecule has 88 valence electrons. The molecular formula is C10H6F3N3S. The van der Waals surface area contributed by atoms with E-state index in [1.165, 1.54) is 6.92 Å². The van der Waals surface area contributed by atoms with Crippen molar-refractivity contribution in [3.8, 4) is 12.1 Å². The van der Waals surface area contributed by atoms with Crippen LogP contribution < -0.4 is 0 Å². The fourth-order valence-electron chi connectivity index (χ4n) is 1.09. The summed E-state index contributed by atoms with van der Waals surface area (Å²) in [5.41, 5.74) is -0.825. The number of halogens is 3. The SMILES string of the molecule is Cc1c(C#N)cc(C(F)(F)F)nc1SCC#N. The first-order valence-electron chi connectivity index (χ1n) is 4.39. The summed E-state index contributed by atoms with van der Waals surface area (Å²) >= 11 is 0.884. The zero-order valence-corrected chi connectivity index (χ0v) is 9.48. The second-order valence-corrected chi connectivity index (χ2v) is 4.01. The fourth-order valence-corrected chi connectivity index (χ4v) is 1.78. The zero-order chi connectivity index (χ0) is 13.1. The van der Waals surface area contributed by atoms with Crippen molar-refractivity contribution in [2.45, 2.75) is 18.1 Å². The van der Waals surface area contributed by atoms with Crippen LogP contribution in [0.4, 0.5) is 13.2 Å².